The molecule has 1 radical (unpaired) electrons. The Balaban J connectivity index is 2.54. The lowest BCUT2D eigenvalue weighted by molar-refractivity contribution is -0.138. The fourth-order valence-electron chi connectivity index (χ4n) is 1.08. The number of fused-ring (bicyclic) bond motifs is 1. The van der Waals surface area contributed by atoms with Gasteiger partial charge in [0.2, 0.25) is 6.79 Å². The summed E-state index contributed by atoms with van der Waals surface area (Å²) in [4.78, 5) is 0. The zero-order chi connectivity index (χ0) is 9.47. The maximum absolute atomic E-state index is 12.3. The van der Waals surface area contributed by atoms with E-state index >= 15 is 0 Å². The minimum Gasteiger partial charge on any atom is -0.454 e. The van der Waals surface area contributed by atoms with Crippen LogP contribution in [0.5, 0.6) is 11.5 Å². The van der Waals surface area contributed by atoms with Crippen LogP contribution in [0, 0.1) is 6.07 Å². The first-order valence-electron chi connectivity index (χ1n) is 3.46. The topological polar surface area (TPSA) is 18.5 Å². The minimum atomic E-state index is -4.42. The highest BCUT2D eigenvalue weighted by molar-refractivity contribution is 5.48. The van der Waals surface area contributed by atoms with Crippen molar-refractivity contribution in [2.45, 2.75) is 6.18 Å². The summed E-state index contributed by atoms with van der Waals surface area (Å²) in [6, 6.07) is 4.50. The van der Waals surface area contributed by atoms with Crippen LogP contribution >= 0.6 is 0 Å². The first kappa shape index (κ1) is 8.22. The summed E-state index contributed by atoms with van der Waals surface area (Å²) in [5, 5.41) is 0. The largest absolute Gasteiger partial charge is 0.454 e. The molecule has 1 heterocycles. The molecular weight excluding hydrogens is 185 g/mol. The molecule has 0 saturated heterocycles. The van der Waals surface area contributed by atoms with Crippen molar-refractivity contribution in [3.05, 3.63) is 23.8 Å². The molecule has 13 heavy (non-hydrogen) atoms. The first-order valence-corrected chi connectivity index (χ1v) is 3.46. The average molecular weight is 189 g/mol. The molecule has 0 atom stereocenters. The first-order chi connectivity index (χ1) is 6.09. The maximum Gasteiger partial charge on any atom is 0.420 e. The molecule has 1 aromatic carbocycles. The van der Waals surface area contributed by atoms with Crippen LogP contribution < -0.4 is 9.47 Å². The molecule has 2 rings (SSSR count). The lowest BCUT2D eigenvalue weighted by Gasteiger charge is -2.08. The van der Waals surface area contributed by atoms with Crippen molar-refractivity contribution in [3.63, 3.8) is 0 Å². The minimum absolute atomic E-state index is 0.0924. The SMILES string of the molecule is FC(F)(F)c1c[c]cc2c1OCO2. The van der Waals surface area contributed by atoms with E-state index in [9.17, 15) is 13.2 Å². The van der Waals surface area contributed by atoms with Crippen LogP contribution in [0.15, 0.2) is 12.1 Å². The third-order valence-electron chi connectivity index (χ3n) is 1.63. The van der Waals surface area contributed by atoms with Gasteiger partial charge in [0.25, 0.3) is 0 Å². The molecular formula is C8H4F3O2. The summed E-state index contributed by atoms with van der Waals surface area (Å²) in [6.07, 6.45) is -4.42. The standard InChI is InChI=1S/C8H4F3O2/c9-8(10,11)5-2-1-3-6-7(5)13-4-12-6/h2-3H,4H2. The number of ether oxygens (including phenoxy) is 2. The highest BCUT2D eigenvalue weighted by atomic mass is 19.4. The van der Waals surface area contributed by atoms with E-state index in [1.54, 1.807) is 0 Å². The molecule has 0 aliphatic carbocycles. The summed E-state index contributed by atoms with van der Waals surface area (Å²) >= 11 is 0. The lowest BCUT2D eigenvalue weighted by Crippen LogP contribution is -2.06. The Hall–Kier alpha value is -1.39. The molecule has 0 saturated carbocycles. The van der Waals surface area contributed by atoms with Gasteiger partial charge in [0.15, 0.2) is 11.5 Å². The van der Waals surface area contributed by atoms with Crippen LogP contribution in [0.2, 0.25) is 0 Å². The van der Waals surface area contributed by atoms with Crippen LogP contribution in [0.3, 0.4) is 0 Å². The predicted molar refractivity (Wildman–Crippen MR) is 36.4 cm³/mol. The number of rotatable bonds is 0. The molecule has 0 fully saturated rings. The Labute approximate surface area is 71.9 Å². The molecule has 0 unspecified atom stereocenters. The zero-order valence-electron chi connectivity index (χ0n) is 6.31. The molecule has 2 nitrogen and oxygen atoms in total. The number of halogens is 3. The van der Waals surface area contributed by atoms with Gasteiger partial charge in [0, 0.05) is 0 Å². The van der Waals surface area contributed by atoms with Crippen molar-refractivity contribution in [3.8, 4) is 11.5 Å². The van der Waals surface area contributed by atoms with Gasteiger partial charge in [0.1, 0.15) is 5.56 Å². The van der Waals surface area contributed by atoms with Crippen molar-refractivity contribution in [2.24, 2.45) is 0 Å². The molecule has 0 N–H and O–H groups in total. The molecule has 1 aromatic rings. The van der Waals surface area contributed by atoms with Crippen LogP contribution in [0.25, 0.3) is 0 Å². The quantitative estimate of drug-likeness (QED) is 0.623. The van der Waals surface area contributed by atoms with E-state index in [0.717, 1.165) is 6.07 Å². The summed E-state index contributed by atoms with van der Waals surface area (Å²) in [7, 11) is 0. The van der Waals surface area contributed by atoms with Crippen molar-refractivity contribution in [1.29, 1.82) is 0 Å². The van der Waals surface area contributed by atoms with Gasteiger partial charge < -0.3 is 9.47 Å². The van der Waals surface area contributed by atoms with Crippen molar-refractivity contribution in [2.75, 3.05) is 6.79 Å². The van der Waals surface area contributed by atoms with Gasteiger partial charge in [0.05, 0.1) is 0 Å². The Kier molecular flexibility index (Phi) is 1.61. The van der Waals surface area contributed by atoms with Crippen LogP contribution in [-0.2, 0) is 6.18 Å². The number of hydrogen-bond donors (Lipinski definition) is 0. The molecule has 0 spiro atoms. The molecule has 1 aliphatic heterocycles. The second-order valence-electron chi connectivity index (χ2n) is 2.47. The molecule has 0 amide bonds. The van der Waals surface area contributed by atoms with Crippen LogP contribution in [0.4, 0.5) is 13.2 Å². The monoisotopic (exact) mass is 189 g/mol. The molecule has 0 bridgehead atoms. The van der Waals surface area contributed by atoms with Gasteiger partial charge in [-0.1, -0.05) is 0 Å². The molecule has 1 aliphatic rings. The fourth-order valence-corrected chi connectivity index (χ4v) is 1.08. The van der Waals surface area contributed by atoms with Gasteiger partial charge in [-0.2, -0.15) is 13.2 Å². The maximum atomic E-state index is 12.3. The Morgan fingerprint density at radius 2 is 2.00 bits per heavy atom. The van der Waals surface area contributed by atoms with E-state index in [2.05, 4.69) is 6.07 Å². The number of benzene rings is 1. The second-order valence-corrected chi connectivity index (χ2v) is 2.47. The molecule has 5 heteroatoms. The predicted octanol–water partition coefficient (Wildman–Crippen LogP) is 2.23. The fraction of sp³-hybridized carbons (Fsp3) is 0.250. The lowest BCUT2D eigenvalue weighted by atomic mass is 10.2. The third-order valence-corrected chi connectivity index (χ3v) is 1.63. The van der Waals surface area contributed by atoms with Gasteiger partial charge in [-0.05, 0) is 18.2 Å². The van der Waals surface area contributed by atoms with Gasteiger partial charge in [-0.3, -0.25) is 0 Å². The Morgan fingerprint density at radius 1 is 1.23 bits per heavy atom. The molecule has 0 aromatic heterocycles. The molecule has 69 valence electrons. The highest BCUT2D eigenvalue weighted by Crippen LogP contribution is 2.43. The second kappa shape index (κ2) is 2.55. The van der Waals surface area contributed by atoms with E-state index in [1.165, 1.54) is 6.07 Å². The van der Waals surface area contributed by atoms with Gasteiger partial charge in [-0.25, -0.2) is 0 Å². The Bertz CT molecular complexity index is 333. The summed E-state index contributed by atoms with van der Waals surface area (Å²) < 4.78 is 46.3. The van der Waals surface area contributed by atoms with E-state index in [1.807, 2.05) is 0 Å². The van der Waals surface area contributed by atoms with Gasteiger partial charge >= 0.3 is 6.18 Å². The third kappa shape index (κ3) is 1.30. The number of alkyl halides is 3. The van der Waals surface area contributed by atoms with E-state index in [4.69, 9.17) is 9.47 Å². The Morgan fingerprint density at radius 3 is 2.69 bits per heavy atom. The summed E-state index contributed by atoms with van der Waals surface area (Å²) in [5.41, 5.74) is -0.845. The number of hydrogen-bond acceptors (Lipinski definition) is 2. The summed E-state index contributed by atoms with van der Waals surface area (Å²) in [5.74, 6) is -0.152. The average Bonchev–Trinajstić information content (AvgIpc) is 2.48. The van der Waals surface area contributed by atoms with Crippen LogP contribution in [0.1, 0.15) is 5.56 Å². The smallest absolute Gasteiger partial charge is 0.420 e. The highest BCUT2D eigenvalue weighted by Gasteiger charge is 2.37. The zero-order valence-corrected chi connectivity index (χ0v) is 6.31. The van der Waals surface area contributed by atoms with E-state index in [0.29, 0.717) is 0 Å². The van der Waals surface area contributed by atoms with E-state index in [-0.39, 0.29) is 18.3 Å². The van der Waals surface area contributed by atoms with E-state index < -0.39 is 11.7 Å². The van der Waals surface area contributed by atoms with Crippen molar-refractivity contribution in [1.82, 2.24) is 0 Å². The van der Waals surface area contributed by atoms with Gasteiger partial charge in [-0.15, -0.1) is 0 Å². The van der Waals surface area contributed by atoms with Crippen molar-refractivity contribution >= 4 is 0 Å². The summed E-state index contributed by atoms with van der Waals surface area (Å²) in [6.45, 7) is -0.170. The van der Waals surface area contributed by atoms with Crippen molar-refractivity contribution < 1.29 is 22.6 Å². The normalized spacial score (nSPS) is 14.7. The van der Waals surface area contributed by atoms with Crippen LogP contribution in [-0.4, -0.2) is 6.79 Å².